The number of hydrogen-bond donors (Lipinski definition) is 0. The topological polar surface area (TPSA) is 45.6 Å². The molecule has 0 saturated carbocycles. The number of allylic oxidation sites excluding steroid dienone is 2. The van der Waals surface area contributed by atoms with Crippen LogP contribution in [0.5, 0.6) is 0 Å². The first-order chi connectivity index (χ1) is 16.7. The first-order valence-electron chi connectivity index (χ1n) is 13.2. The summed E-state index contributed by atoms with van der Waals surface area (Å²) in [5.41, 5.74) is 7.85. The maximum Gasteiger partial charge on any atom is 0.245 e. The van der Waals surface area contributed by atoms with Crippen LogP contribution in [-0.2, 0) is 30.6 Å². The van der Waals surface area contributed by atoms with Crippen molar-refractivity contribution in [3.05, 3.63) is 64.5 Å². The Morgan fingerprint density at radius 1 is 0.853 bits per heavy atom. The second-order valence-electron chi connectivity index (χ2n) is 10.5. The highest BCUT2D eigenvalue weighted by Crippen LogP contribution is 2.42. The molecule has 0 N–H and O–H groups in total. The van der Waals surface area contributed by atoms with E-state index in [-0.39, 0.29) is 11.7 Å². The van der Waals surface area contributed by atoms with Crippen molar-refractivity contribution in [2.24, 2.45) is 5.92 Å². The zero-order chi connectivity index (χ0) is 23.1. The largest absolute Gasteiger partial charge is 0.300 e. The minimum atomic E-state index is -0.591. The van der Waals surface area contributed by atoms with Crippen molar-refractivity contribution in [3.8, 4) is 0 Å². The van der Waals surface area contributed by atoms with E-state index in [9.17, 15) is 9.59 Å². The highest BCUT2D eigenvalue weighted by molar-refractivity contribution is 6.08. The molecule has 1 saturated heterocycles. The van der Waals surface area contributed by atoms with Crippen LogP contribution in [0.4, 0.5) is 0 Å². The molecule has 5 heteroatoms. The molecule has 34 heavy (non-hydrogen) atoms. The first-order valence-corrected chi connectivity index (χ1v) is 13.2. The van der Waals surface area contributed by atoms with E-state index in [0.29, 0.717) is 6.42 Å². The quantitative estimate of drug-likeness (QED) is 0.612. The Labute approximate surface area is 202 Å². The summed E-state index contributed by atoms with van der Waals surface area (Å²) in [6.45, 7) is 5.77. The van der Waals surface area contributed by atoms with Crippen LogP contribution in [0.25, 0.3) is 5.57 Å². The Balaban J connectivity index is 1.09. The number of carbonyl (C=O) groups is 2. The second-order valence-corrected chi connectivity index (χ2v) is 10.5. The third-order valence-corrected chi connectivity index (χ3v) is 8.35. The summed E-state index contributed by atoms with van der Waals surface area (Å²) in [6.07, 6.45) is 10.2. The van der Waals surface area contributed by atoms with Crippen molar-refractivity contribution < 1.29 is 9.59 Å². The smallest absolute Gasteiger partial charge is 0.245 e. The number of Topliss-reactive ketones (excluding diaryl/α,β-unsaturated/α-hetero) is 1. The number of piperazine rings is 1. The first kappa shape index (κ1) is 22.0. The molecule has 2 aliphatic heterocycles. The Morgan fingerprint density at radius 3 is 2.41 bits per heavy atom. The molecule has 1 atom stereocenters. The lowest BCUT2D eigenvalue weighted by Crippen LogP contribution is -2.46. The van der Waals surface area contributed by atoms with E-state index < -0.39 is 5.92 Å². The van der Waals surface area contributed by atoms with Gasteiger partial charge >= 0.3 is 0 Å². The van der Waals surface area contributed by atoms with Gasteiger partial charge in [-0.2, -0.15) is 0 Å². The fourth-order valence-corrected chi connectivity index (χ4v) is 6.54. The zero-order valence-electron chi connectivity index (χ0n) is 20.1. The average Bonchev–Trinajstić information content (AvgIpc) is 3.22. The van der Waals surface area contributed by atoms with Gasteiger partial charge in [0.15, 0.2) is 0 Å². The van der Waals surface area contributed by atoms with Gasteiger partial charge in [-0.15, -0.1) is 0 Å². The van der Waals surface area contributed by atoms with Crippen LogP contribution >= 0.6 is 0 Å². The number of ketones is 1. The molecule has 2 aromatic rings. The fraction of sp³-hybridized carbons (Fsp3) is 0.517. The van der Waals surface area contributed by atoms with Crippen molar-refractivity contribution in [1.82, 2.24) is 14.4 Å². The van der Waals surface area contributed by atoms with E-state index in [1.165, 1.54) is 40.1 Å². The van der Waals surface area contributed by atoms with Gasteiger partial charge in [0.25, 0.3) is 0 Å². The molecule has 1 aromatic heterocycles. The highest BCUT2D eigenvalue weighted by Gasteiger charge is 2.39. The van der Waals surface area contributed by atoms with E-state index in [0.717, 1.165) is 77.8 Å². The summed E-state index contributed by atoms with van der Waals surface area (Å²) in [5.74, 6) is -0.478. The number of benzene rings is 1. The molecule has 0 amide bonds. The summed E-state index contributed by atoms with van der Waals surface area (Å²) >= 11 is 0. The minimum absolute atomic E-state index is 0.0164. The lowest BCUT2D eigenvalue weighted by molar-refractivity contribution is -0.120. The molecule has 1 unspecified atom stereocenters. The third kappa shape index (κ3) is 3.99. The van der Waals surface area contributed by atoms with E-state index >= 15 is 0 Å². The summed E-state index contributed by atoms with van der Waals surface area (Å²) in [6, 6.07) is 10.6. The molecule has 178 valence electrons. The number of nitrogens with zero attached hydrogens (tertiary/aromatic N) is 3. The second kappa shape index (κ2) is 9.27. The van der Waals surface area contributed by atoms with Crippen molar-refractivity contribution in [2.45, 2.75) is 57.9 Å². The maximum absolute atomic E-state index is 13.6. The summed E-state index contributed by atoms with van der Waals surface area (Å²) in [4.78, 5) is 31.8. The van der Waals surface area contributed by atoms with E-state index in [2.05, 4.69) is 40.1 Å². The van der Waals surface area contributed by atoms with Gasteiger partial charge in [-0.25, -0.2) is 0 Å². The van der Waals surface area contributed by atoms with Crippen LogP contribution in [-0.4, -0.2) is 58.8 Å². The molecule has 5 nitrogen and oxygen atoms in total. The fourth-order valence-electron chi connectivity index (χ4n) is 6.54. The van der Waals surface area contributed by atoms with Gasteiger partial charge in [0, 0.05) is 51.4 Å². The monoisotopic (exact) mass is 457 g/mol. The molecule has 1 fully saturated rings. The number of fused-ring (bicyclic) bond motifs is 3. The van der Waals surface area contributed by atoms with Crippen molar-refractivity contribution in [1.29, 1.82) is 0 Å². The zero-order valence-corrected chi connectivity index (χ0v) is 20.1. The van der Waals surface area contributed by atoms with Gasteiger partial charge in [0.2, 0.25) is 5.91 Å². The van der Waals surface area contributed by atoms with Crippen LogP contribution in [0.2, 0.25) is 0 Å². The molecule has 1 aromatic carbocycles. The Hall–Kier alpha value is -2.50. The lowest BCUT2D eigenvalue weighted by atomic mass is 9.84. The van der Waals surface area contributed by atoms with Crippen LogP contribution in [0.1, 0.15) is 65.0 Å². The van der Waals surface area contributed by atoms with Crippen LogP contribution < -0.4 is 0 Å². The molecular weight excluding hydrogens is 422 g/mol. The van der Waals surface area contributed by atoms with E-state index in [1.807, 2.05) is 10.6 Å². The van der Waals surface area contributed by atoms with Gasteiger partial charge < -0.3 is 4.90 Å². The predicted molar refractivity (Wildman–Crippen MR) is 134 cm³/mol. The van der Waals surface area contributed by atoms with Gasteiger partial charge in [-0.05, 0) is 67.2 Å². The standard InChI is InChI=1S/C29H35N3O2/c33-27(13-14-30-15-17-31(18-16-30)20-21-7-2-1-3-8-21)25-19-22-9-6-11-24-23-10-4-5-12-26(23)32(28(22)24)29(25)34/h1-3,7-8,19,25H,4-6,9-18,20H2. The Bertz CT molecular complexity index is 1120. The summed E-state index contributed by atoms with van der Waals surface area (Å²) in [5, 5.41) is 0. The third-order valence-electron chi connectivity index (χ3n) is 8.35. The maximum atomic E-state index is 13.6. The molecule has 3 heterocycles. The minimum Gasteiger partial charge on any atom is -0.300 e. The van der Waals surface area contributed by atoms with Gasteiger partial charge in [-0.3, -0.25) is 19.1 Å². The summed E-state index contributed by atoms with van der Waals surface area (Å²) in [7, 11) is 0. The highest BCUT2D eigenvalue weighted by atomic mass is 16.2. The van der Waals surface area contributed by atoms with Crippen molar-refractivity contribution in [2.75, 3.05) is 32.7 Å². The van der Waals surface area contributed by atoms with E-state index in [1.54, 1.807) is 0 Å². The molecule has 0 spiro atoms. The Kier molecular flexibility index (Phi) is 6.00. The molecule has 2 aliphatic carbocycles. The predicted octanol–water partition coefficient (Wildman–Crippen LogP) is 4.13. The van der Waals surface area contributed by atoms with Crippen molar-refractivity contribution in [3.63, 3.8) is 0 Å². The van der Waals surface area contributed by atoms with E-state index in [4.69, 9.17) is 0 Å². The van der Waals surface area contributed by atoms with Gasteiger partial charge in [-0.1, -0.05) is 36.4 Å². The van der Waals surface area contributed by atoms with Crippen LogP contribution in [0.15, 0.2) is 36.4 Å². The number of carbonyl (C=O) groups excluding carboxylic acids is 2. The van der Waals surface area contributed by atoms with Crippen molar-refractivity contribution >= 4 is 17.3 Å². The van der Waals surface area contributed by atoms with Crippen LogP contribution in [0.3, 0.4) is 0 Å². The average molecular weight is 458 g/mol. The lowest BCUT2D eigenvalue weighted by Gasteiger charge is -2.35. The van der Waals surface area contributed by atoms with Crippen LogP contribution in [0, 0.1) is 5.92 Å². The summed E-state index contributed by atoms with van der Waals surface area (Å²) < 4.78 is 1.99. The molecule has 0 bridgehead atoms. The number of hydrogen-bond acceptors (Lipinski definition) is 4. The molecule has 6 rings (SSSR count). The number of aromatic nitrogens is 1. The SMILES string of the molecule is O=C(CCN1CCN(Cc2ccccc2)CC1)C1C=C2CCCc3c4c(n(c32)C1=O)CCCC4. The van der Waals surface area contributed by atoms with Gasteiger partial charge in [0.05, 0.1) is 5.69 Å². The Morgan fingerprint density at radius 2 is 1.59 bits per heavy atom. The molecule has 4 aliphatic rings. The normalized spacial score (nSPS) is 22.8. The molecule has 0 radical (unpaired) electrons. The van der Waals surface area contributed by atoms with Gasteiger partial charge in [0.1, 0.15) is 11.7 Å². The molecular formula is C29H35N3O2. The number of rotatable bonds is 6.